The number of carbonyl (C=O) groups excluding carboxylic acids is 1. The topological polar surface area (TPSA) is 115 Å². The van der Waals surface area contributed by atoms with Crippen molar-refractivity contribution >= 4 is 42.6 Å². The number of nitrogens with zero attached hydrogens (tertiary/aromatic N) is 3. The van der Waals surface area contributed by atoms with Crippen molar-refractivity contribution in [1.82, 2.24) is 14.9 Å². The predicted molar refractivity (Wildman–Crippen MR) is 181 cm³/mol. The summed E-state index contributed by atoms with van der Waals surface area (Å²) in [7, 11) is -3.75. The van der Waals surface area contributed by atoms with Crippen molar-refractivity contribution in [3.8, 4) is 17.0 Å². The molecule has 0 bridgehead atoms. The Hall–Kier alpha value is -3.44. The second kappa shape index (κ2) is 12.0. The summed E-state index contributed by atoms with van der Waals surface area (Å²) in [6, 6.07) is 11.8. The van der Waals surface area contributed by atoms with E-state index in [1.807, 2.05) is 13.8 Å². The zero-order valence-electron chi connectivity index (χ0n) is 27.0. The summed E-state index contributed by atoms with van der Waals surface area (Å²) in [5, 5.41) is 5.46. The van der Waals surface area contributed by atoms with Gasteiger partial charge in [0.15, 0.2) is 5.13 Å². The fraction of sp³-hybridized carbons (Fsp3) is 0.514. The summed E-state index contributed by atoms with van der Waals surface area (Å²) in [6.07, 6.45) is 7.56. The van der Waals surface area contributed by atoms with Gasteiger partial charge in [0.05, 0.1) is 15.6 Å². The number of amides is 1. The van der Waals surface area contributed by atoms with E-state index in [-0.39, 0.29) is 11.7 Å². The van der Waals surface area contributed by atoms with Crippen molar-refractivity contribution in [2.75, 3.05) is 18.0 Å². The van der Waals surface area contributed by atoms with Gasteiger partial charge in [0.2, 0.25) is 10.0 Å². The third-order valence-electron chi connectivity index (χ3n) is 9.76. The first kappa shape index (κ1) is 31.2. The third kappa shape index (κ3) is 6.15. The highest BCUT2D eigenvalue weighted by Crippen LogP contribution is 2.45. The van der Waals surface area contributed by atoms with Crippen LogP contribution in [0.15, 0.2) is 40.9 Å². The second-order valence-electron chi connectivity index (χ2n) is 13.8. The number of hydrogen-bond donors (Lipinski definition) is 1. The molecule has 2 saturated carbocycles. The van der Waals surface area contributed by atoms with E-state index >= 15 is 0 Å². The fourth-order valence-electron chi connectivity index (χ4n) is 6.39. The van der Waals surface area contributed by atoms with Crippen LogP contribution in [0.4, 0.5) is 5.13 Å². The van der Waals surface area contributed by atoms with Gasteiger partial charge in [-0.25, -0.2) is 18.1 Å². The maximum atomic E-state index is 13.1. The first-order valence-corrected chi connectivity index (χ1v) is 18.8. The van der Waals surface area contributed by atoms with Crippen LogP contribution < -0.4 is 14.4 Å². The van der Waals surface area contributed by atoms with Gasteiger partial charge in [0.1, 0.15) is 22.7 Å². The minimum absolute atomic E-state index is 0.131. The molecule has 1 aliphatic heterocycles. The minimum Gasteiger partial charge on any atom is -0.489 e. The number of piperidine rings is 1. The monoisotopic (exact) mass is 662 g/mol. The van der Waals surface area contributed by atoms with Crippen LogP contribution in [0.5, 0.6) is 5.75 Å². The second-order valence-corrected chi connectivity index (χ2v) is 17.0. The molecular formula is C35H42N4O5S2. The maximum absolute atomic E-state index is 13.1. The largest absolute Gasteiger partial charge is 0.489 e. The molecule has 2 aromatic heterocycles. The molecule has 0 atom stereocenters. The molecule has 1 amide bonds. The van der Waals surface area contributed by atoms with E-state index in [9.17, 15) is 13.2 Å². The van der Waals surface area contributed by atoms with Crippen LogP contribution in [-0.2, 0) is 16.4 Å². The number of rotatable bonds is 11. The zero-order valence-corrected chi connectivity index (χ0v) is 28.6. The number of nitrogens with one attached hydrogen (secondary N) is 1. The lowest BCUT2D eigenvalue weighted by Crippen LogP contribution is -2.38. The van der Waals surface area contributed by atoms with Gasteiger partial charge >= 0.3 is 0 Å². The van der Waals surface area contributed by atoms with E-state index < -0.39 is 20.7 Å². The number of fused-ring (bicyclic) bond motifs is 1. The van der Waals surface area contributed by atoms with Gasteiger partial charge in [0.25, 0.3) is 5.91 Å². The third-order valence-corrected chi connectivity index (χ3v) is 13.0. The Labute approximate surface area is 274 Å². The molecule has 2 aliphatic carbocycles. The molecule has 11 heteroatoms. The van der Waals surface area contributed by atoms with E-state index in [0.29, 0.717) is 35.9 Å². The van der Waals surface area contributed by atoms with Gasteiger partial charge < -0.3 is 14.2 Å². The number of anilines is 1. The van der Waals surface area contributed by atoms with Crippen LogP contribution in [-0.4, -0.2) is 48.4 Å². The Bertz CT molecular complexity index is 1880. The molecular weight excluding hydrogens is 621 g/mol. The highest BCUT2D eigenvalue weighted by Gasteiger charge is 2.51. The highest BCUT2D eigenvalue weighted by molar-refractivity contribution is 7.91. The number of aryl methyl sites for hydroxylation is 1. The number of hydrogen-bond acceptors (Lipinski definition) is 9. The SMILES string of the molecule is Cc1ccccc1-c1noc(C2CC2)c1CCC1CCN(c2nc3c(OC(C)C)cc(C(=O)NS(=O)(=O)C4(C)CC4)cc3s2)CC1. The lowest BCUT2D eigenvalue weighted by molar-refractivity contribution is 0.0980. The number of sulfonamides is 1. The van der Waals surface area contributed by atoms with Crippen LogP contribution in [0.3, 0.4) is 0 Å². The molecule has 0 radical (unpaired) electrons. The molecule has 0 unspecified atom stereocenters. The smallest absolute Gasteiger partial charge is 0.264 e. The standard InChI is InChI=1S/C35H42N4O5S2/c1-21(2)43-28-19-25(33(40)38-46(41,42)35(4)15-16-35)20-29-31(28)36-34(45-29)39-17-13-23(14-18-39)9-12-27-30(26-8-6-5-7-22(26)3)37-44-32(27)24-10-11-24/h5-8,19-21,23-24H,9-18H2,1-4H3,(H,38,40). The molecule has 0 spiro atoms. The van der Waals surface area contributed by atoms with Gasteiger partial charge in [-0.05, 0) is 103 Å². The van der Waals surface area contributed by atoms with Crippen molar-refractivity contribution < 1.29 is 22.5 Å². The van der Waals surface area contributed by atoms with Crippen molar-refractivity contribution in [2.24, 2.45) is 5.92 Å². The minimum atomic E-state index is -3.75. The van der Waals surface area contributed by atoms with E-state index in [0.717, 1.165) is 60.1 Å². The van der Waals surface area contributed by atoms with E-state index in [1.165, 1.54) is 40.9 Å². The van der Waals surface area contributed by atoms with Crippen LogP contribution in [0.2, 0.25) is 0 Å². The lowest BCUT2D eigenvalue weighted by Gasteiger charge is -2.31. The molecule has 9 nitrogen and oxygen atoms in total. The number of benzene rings is 2. The zero-order chi connectivity index (χ0) is 32.2. The van der Waals surface area contributed by atoms with Gasteiger partial charge in [-0.15, -0.1) is 0 Å². The van der Waals surface area contributed by atoms with E-state index in [1.54, 1.807) is 19.1 Å². The van der Waals surface area contributed by atoms with Crippen molar-refractivity contribution in [3.05, 3.63) is 58.8 Å². The normalized spacial score (nSPS) is 18.3. The van der Waals surface area contributed by atoms with Crippen LogP contribution >= 0.6 is 11.3 Å². The summed E-state index contributed by atoms with van der Waals surface area (Å²) in [5.74, 6) is 2.07. The van der Waals surface area contributed by atoms with Crippen molar-refractivity contribution in [3.63, 3.8) is 0 Å². The molecule has 46 heavy (non-hydrogen) atoms. The Kier molecular flexibility index (Phi) is 8.12. The molecule has 244 valence electrons. The molecule has 2 aromatic carbocycles. The van der Waals surface area contributed by atoms with Crippen LogP contribution in [0, 0.1) is 12.8 Å². The Balaban J connectivity index is 1.05. The highest BCUT2D eigenvalue weighted by atomic mass is 32.2. The predicted octanol–water partition coefficient (Wildman–Crippen LogP) is 7.39. The van der Waals surface area contributed by atoms with E-state index in [4.69, 9.17) is 14.2 Å². The van der Waals surface area contributed by atoms with Crippen LogP contribution in [0.25, 0.3) is 21.5 Å². The molecule has 1 saturated heterocycles. The number of aromatic nitrogens is 2. The Morgan fingerprint density at radius 2 is 1.89 bits per heavy atom. The Morgan fingerprint density at radius 3 is 2.57 bits per heavy atom. The summed E-state index contributed by atoms with van der Waals surface area (Å²) in [4.78, 5) is 20.4. The summed E-state index contributed by atoms with van der Waals surface area (Å²) in [6.45, 7) is 9.45. The molecule has 3 aliphatic rings. The first-order chi connectivity index (χ1) is 22.0. The Morgan fingerprint density at radius 1 is 1.15 bits per heavy atom. The van der Waals surface area contributed by atoms with E-state index in [2.05, 4.69) is 46.0 Å². The summed E-state index contributed by atoms with van der Waals surface area (Å²) < 4.78 is 39.7. The lowest BCUT2D eigenvalue weighted by atomic mass is 9.89. The van der Waals surface area contributed by atoms with Gasteiger partial charge in [0, 0.05) is 35.7 Å². The number of carbonyl (C=O) groups is 1. The van der Waals surface area contributed by atoms with Gasteiger partial charge in [-0.2, -0.15) is 0 Å². The first-order valence-electron chi connectivity index (χ1n) is 16.5. The molecule has 7 rings (SSSR count). The van der Waals surface area contributed by atoms with Crippen molar-refractivity contribution in [2.45, 2.75) is 95.8 Å². The number of ether oxygens (including phenoxy) is 1. The number of thiazole rings is 1. The fourth-order valence-corrected chi connectivity index (χ4v) is 8.71. The molecule has 3 fully saturated rings. The molecule has 1 N–H and O–H groups in total. The average Bonchev–Trinajstić information content (AvgIpc) is 3.93. The molecule has 4 aromatic rings. The summed E-state index contributed by atoms with van der Waals surface area (Å²) in [5.41, 5.74) is 5.65. The average molecular weight is 663 g/mol. The summed E-state index contributed by atoms with van der Waals surface area (Å²) >= 11 is 1.52. The quantitative estimate of drug-likeness (QED) is 0.177. The van der Waals surface area contributed by atoms with Crippen LogP contribution in [0.1, 0.15) is 98.9 Å². The van der Waals surface area contributed by atoms with Crippen molar-refractivity contribution in [1.29, 1.82) is 0 Å². The van der Waals surface area contributed by atoms with Gasteiger partial charge in [-0.1, -0.05) is 40.8 Å². The maximum Gasteiger partial charge on any atom is 0.264 e. The molecule has 3 heterocycles. The van der Waals surface area contributed by atoms with Gasteiger partial charge in [-0.3, -0.25) is 4.79 Å².